The van der Waals surface area contributed by atoms with Crippen molar-refractivity contribution in [3.8, 4) is 11.5 Å². The summed E-state index contributed by atoms with van der Waals surface area (Å²) in [6, 6.07) is 15.5. The van der Waals surface area contributed by atoms with E-state index >= 15 is 0 Å². The van der Waals surface area contributed by atoms with E-state index < -0.39 is 17.1 Å². The lowest BCUT2D eigenvalue weighted by atomic mass is 10.2. The SMILES string of the molecule is COc1cccc(C(=O)Oc2cccc(C[S+]([O-])c3nc4cnccc4[nH]3)c2)c1. The lowest BCUT2D eigenvalue weighted by Gasteiger charge is -2.09. The van der Waals surface area contributed by atoms with Crippen LogP contribution in [0, 0.1) is 0 Å². The van der Waals surface area contributed by atoms with E-state index in [9.17, 15) is 9.35 Å². The maximum Gasteiger partial charge on any atom is 0.343 e. The minimum atomic E-state index is -1.38. The number of nitrogens with zero attached hydrogens (tertiary/aromatic N) is 2. The number of carbonyl (C=O) groups is 1. The third-order valence-corrected chi connectivity index (χ3v) is 5.41. The Morgan fingerprint density at radius 2 is 1.97 bits per heavy atom. The molecule has 0 bridgehead atoms. The predicted octanol–water partition coefficient (Wildman–Crippen LogP) is 3.49. The highest BCUT2D eigenvalue weighted by Gasteiger charge is 2.18. The fraction of sp³-hybridized carbons (Fsp3) is 0.0952. The Balaban J connectivity index is 1.47. The smallest absolute Gasteiger partial charge is 0.343 e. The number of rotatable bonds is 6. The summed E-state index contributed by atoms with van der Waals surface area (Å²) in [6.07, 6.45) is 3.26. The van der Waals surface area contributed by atoms with Gasteiger partial charge in [0.25, 0.3) is 0 Å². The van der Waals surface area contributed by atoms with Crippen LogP contribution in [-0.4, -0.2) is 32.6 Å². The molecular weight excluding hydrogens is 390 g/mol. The number of esters is 1. The molecule has 0 radical (unpaired) electrons. The number of hydrogen-bond acceptors (Lipinski definition) is 6. The third-order valence-electron chi connectivity index (χ3n) is 4.19. The maximum atomic E-state index is 12.7. The first-order valence-electron chi connectivity index (χ1n) is 8.75. The van der Waals surface area contributed by atoms with Crippen LogP contribution in [0.5, 0.6) is 11.5 Å². The first kappa shape index (κ1) is 19.0. The quantitative estimate of drug-likeness (QED) is 0.298. The monoisotopic (exact) mass is 407 g/mol. The summed E-state index contributed by atoms with van der Waals surface area (Å²) in [6.45, 7) is 0. The summed E-state index contributed by atoms with van der Waals surface area (Å²) in [5, 5.41) is 0.381. The molecule has 2 aromatic heterocycles. The van der Waals surface area contributed by atoms with Gasteiger partial charge in [0.1, 0.15) is 22.8 Å². The van der Waals surface area contributed by atoms with E-state index in [0.717, 1.165) is 11.1 Å². The van der Waals surface area contributed by atoms with Crippen molar-refractivity contribution in [1.29, 1.82) is 0 Å². The van der Waals surface area contributed by atoms with E-state index in [2.05, 4.69) is 15.0 Å². The van der Waals surface area contributed by atoms with Crippen molar-refractivity contribution in [2.24, 2.45) is 0 Å². The Labute approximate surface area is 169 Å². The highest BCUT2D eigenvalue weighted by Crippen LogP contribution is 2.21. The second-order valence-electron chi connectivity index (χ2n) is 6.19. The van der Waals surface area contributed by atoms with Crippen LogP contribution >= 0.6 is 0 Å². The van der Waals surface area contributed by atoms with E-state index in [1.807, 2.05) is 6.07 Å². The Morgan fingerprint density at radius 3 is 2.79 bits per heavy atom. The number of nitrogens with one attached hydrogen (secondary N) is 1. The zero-order chi connectivity index (χ0) is 20.2. The van der Waals surface area contributed by atoms with Gasteiger partial charge in [0, 0.05) is 22.9 Å². The van der Waals surface area contributed by atoms with Crippen molar-refractivity contribution in [1.82, 2.24) is 15.0 Å². The lowest BCUT2D eigenvalue weighted by molar-refractivity contribution is 0.0734. The first-order chi connectivity index (χ1) is 14.1. The summed E-state index contributed by atoms with van der Waals surface area (Å²) in [4.78, 5) is 23.8. The molecule has 1 N–H and O–H groups in total. The largest absolute Gasteiger partial charge is 0.609 e. The molecule has 0 saturated heterocycles. The van der Waals surface area contributed by atoms with E-state index in [-0.39, 0.29) is 5.75 Å². The van der Waals surface area contributed by atoms with Gasteiger partial charge >= 0.3 is 11.1 Å². The molecule has 7 nitrogen and oxygen atoms in total. The molecule has 1 unspecified atom stereocenters. The number of imidazole rings is 1. The zero-order valence-electron chi connectivity index (χ0n) is 15.5. The summed E-state index contributed by atoms with van der Waals surface area (Å²) in [5.74, 6) is 0.690. The molecule has 0 spiro atoms. The summed E-state index contributed by atoms with van der Waals surface area (Å²) in [5.41, 5.74) is 2.59. The fourth-order valence-corrected chi connectivity index (χ4v) is 3.82. The number of fused-ring (bicyclic) bond motifs is 1. The van der Waals surface area contributed by atoms with Crippen LogP contribution in [0.25, 0.3) is 11.0 Å². The maximum absolute atomic E-state index is 12.7. The molecule has 4 rings (SSSR count). The lowest BCUT2D eigenvalue weighted by Crippen LogP contribution is -2.10. The number of hydrogen-bond donors (Lipinski definition) is 1. The second kappa shape index (κ2) is 8.34. The van der Waals surface area contributed by atoms with Gasteiger partial charge in [-0.25, -0.2) is 4.79 Å². The van der Waals surface area contributed by atoms with Crippen molar-refractivity contribution in [2.75, 3.05) is 7.11 Å². The molecule has 2 heterocycles. The van der Waals surface area contributed by atoms with Crippen LogP contribution in [-0.2, 0) is 16.9 Å². The molecule has 4 aromatic rings. The molecule has 146 valence electrons. The number of benzene rings is 2. The number of carbonyl (C=O) groups excluding carboxylic acids is 1. The number of ether oxygens (including phenoxy) is 2. The van der Waals surface area contributed by atoms with E-state index in [1.54, 1.807) is 60.9 Å². The molecule has 0 saturated carbocycles. The van der Waals surface area contributed by atoms with E-state index in [4.69, 9.17) is 9.47 Å². The highest BCUT2D eigenvalue weighted by molar-refractivity contribution is 7.90. The van der Waals surface area contributed by atoms with Crippen molar-refractivity contribution in [3.05, 3.63) is 78.1 Å². The average Bonchev–Trinajstić information content (AvgIpc) is 3.18. The molecule has 0 aliphatic heterocycles. The molecule has 0 fully saturated rings. The Bertz CT molecular complexity index is 1130. The summed E-state index contributed by atoms with van der Waals surface area (Å²) >= 11 is -1.38. The normalized spacial score (nSPS) is 11.9. The van der Waals surface area contributed by atoms with Crippen LogP contribution in [0.3, 0.4) is 0 Å². The fourth-order valence-electron chi connectivity index (χ4n) is 2.78. The van der Waals surface area contributed by atoms with Crippen LogP contribution in [0.4, 0.5) is 0 Å². The van der Waals surface area contributed by atoms with Crippen LogP contribution < -0.4 is 9.47 Å². The Morgan fingerprint density at radius 1 is 1.14 bits per heavy atom. The summed E-state index contributed by atoms with van der Waals surface area (Å²) < 4.78 is 23.3. The van der Waals surface area contributed by atoms with Crippen molar-refractivity contribution >= 4 is 28.2 Å². The van der Waals surface area contributed by atoms with E-state index in [1.165, 1.54) is 7.11 Å². The molecule has 0 amide bonds. The number of methoxy groups -OCH3 is 1. The van der Waals surface area contributed by atoms with Gasteiger partial charge in [-0.15, -0.1) is 0 Å². The average molecular weight is 407 g/mol. The van der Waals surface area contributed by atoms with Crippen molar-refractivity contribution in [3.63, 3.8) is 0 Å². The van der Waals surface area contributed by atoms with Gasteiger partial charge in [-0.3, -0.25) is 9.97 Å². The second-order valence-corrected chi connectivity index (χ2v) is 7.56. The van der Waals surface area contributed by atoms with Crippen molar-refractivity contribution in [2.45, 2.75) is 10.9 Å². The van der Waals surface area contributed by atoms with Crippen LogP contribution in [0.15, 0.2) is 72.1 Å². The minimum Gasteiger partial charge on any atom is -0.609 e. The molecule has 0 aliphatic rings. The third kappa shape index (κ3) is 4.39. The van der Waals surface area contributed by atoms with Crippen LogP contribution in [0.2, 0.25) is 0 Å². The predicted molar refractivity (Wildman–Crippen MR) is 108 cm³/mol. The molecule has 1 atom stereocenters. The highest BCUT2D eigenvalue weighted by atomic mass is 32.2. The molecular formula is C21H17N3O4S. The molecule has 0 aliphatic carbocycles. The topological polar surface area (TPSA) is 100 Å². The number of H-pyrrole nitrogens is 1. The molecule has 2 aromatic carbocycles. The van der Waals surface area contributed by atoms with Gasteiger partial charge < -0.3 is 14.0 Å². The van der Waals surface area contributed by atoms with Gasteiger partial charge in [-0.05, 0) is 36.4 Å². The van der Waals surface area contributed by atoms with Crippen LogP contribution in [0.1, 0.15) is 15.9 Å². The minimum absolute atomic E-state index is 0.234. The van der Waals surface area contributed by atoms with Crippen molar-refractivity contribution < 1.29 is 18.8 Å². The number of pyridine rings is 1. The Hall–Kier alpha value is -3.36. The van der Waals surface area contributed by atoms with Gasteiger partial charge in [0.05, 0.1) is 24.4 Å². The van der Waals surface area contributed by atoms with Gasteiger partial charge in [0.2, 0.25) is 0 Å². The molecule has 29 heavy (non-hydrogen) atoms. The first-order valence-corrected chi connectivity index (χ1v) is 10.1. The van der Waals surface area contributed by atoms with Gasteiger partial charge in [0.15, 0.2) is 0 Å². The van der Waals surface area contributed by atoms with Gasteiger partial charge in [-0.1, -0.05) is 18.2 Å². The number of aromatic amines is 1. The summed E-state index contributed by atoms with van der Waals surface area (Å²) in [7, 11) is 1.53. The standard InChI is InChI=1S/C21H17N3O4S/c1-27-16-6-3-5-15(11-16)20(25)28-17-7-2-4-14(10-17)13-29(26)21-23-18-8-9-22-12-19(18)24-21/h2-12H,13H2,1H3,(H,23,24). The van der Waals surface area contributed by atoms with Gasteiger partial charge in [-0.2, -0.15) is 4.98 Å². The molecule has 8 heteroatoms. The number of aromatic nitrogens is 3. The van der Waals surface area contributed by atoms with E-state index in [0.29, 0.717) is 27.7 Å². The Kier molecular flexibility index (Phi) is 5.46. The zero-order valence-corrected chi connectivity index (χ0v) is 16.3.